The minimum absolute atomic E-state index is 0.288. The lowest BCUT2D eigenvalue weighted by molar-refractivity contribution is -0.898. The lowest BCUT2D eigenvalue weighted by Gasteiger charge is -2.28. The van der Waals surface area contributed by atoms with Crippen LogP contribution in [0.25, 0.3) is 10.2 Å². The maximum absolute atomic E-state index is 11.8. The van der Waals surface area contributed by atoms with Crippen molar-refractivity contribution >= 4 is 33.6 Å². The van der Waals surface area contributed by atoms with Gasteiger partial charge in [0.15, 0.2) is 6.54 Å². The van der Waals surface area contributed by atoms with Crippen LogP contribution in [0.5, 0.6) is 0 Å². The first-order valence-electron chi connectivity index (χ1n) is 7.72. The fraction of sp³-hybridized carbons (Fsp3) is 0.438. The molecule has 2 heterocycles. The van der Waals surface area contributed by atoms with E-state index >= 15 is 0 Å². The lowest BCUT2D eigenvalue weighted by atomic mass is 9.99. The third-order valence-corrected chi connectivity index (χ3v) is 5.31. The molecule has 6 nitrogen and oxygen atoms in total. The Morgan fingerprint density at radius 2 is 2.26 bits per heavy atom. The second-order valence-corrected chi connectivity index (χ2v) is 6.84. The molecule has 3 rings (SSSR count). The van der Waals surface area contributed by atoms with Gasteiger partial charge in [-0.2, -0.15) is 0 Å². The maximum Gasteiger partial charge on any atom is 0.413 e. The predicted octanol–water partition coefficient (Wildman–Crippen LogP) is 0.941. The van der Waals surface area contributed by atoms with E-state index < -0.39 is 6.09 Å². The van der Waals surface area contributed by atoms with Crippen LogP contribution in [-0.2, 0) is 9.53 Å². The van der Waals surface area contributed by atoms with Gasteiger partial charge in [-0.1, -0.05) is 12.1 Å². The van der Waals surface area contributed by atoms with Gasteiger partial charge in [-0.3, -0.25) is 10.1 Å². The number of piperidine rings is 1. The molecule has 1 aliphatic rings. The first-order valence-corrected chi connectivity index (χ1v) is 8.54. The van der Waals surface area contributed by atoms with Gasteiger partial charge in [-0.05, 0) is 25.0 Å². The quantitative estimate of drug-likeness (QED) is 0.876. The van der Waals surface area contributed by atoms with Crippen molar-refractivity contribution in [1.82, 2.24) is 10.3 Å². The largest absolute Gasteiger partial charge is 0.453 e. The number of imide groups is 1. The van der Waals surface area contributed by atoms with Crippen molar-refractivity contribution in [1.29, 1.82) is 0 Å². The molecule has 7 heteroatoms. The molecule has 1 aromatic heterocycles. The summed E-state index contributed by atoms with van der Waals surface area (Å²) in [5.74, 6) is 0.0823. The molecule has 0 spiro atoms. The fourth-order valence-corrected chi connectivity index (χ4v) is 4.13. The van der Waals surface area contributed by atoms with Crippen LogP contribution >= 0.6 is 11.3 Å². The van der Waals surface area contributed by atoms with E-state index in [9.17, 15) is 9.59 Å². The topological polar surface area (TPSA) is 72.7 Å². The molecule has 0 bridgehead atoms. The number of aromatic nitrogens is 1. The SMILES string of the molecule is COC(=O)NC(=O)C[NH+]1CCC[C@@H](c2nc3ccccc3s2)C1. The first-order chi connectivity index (χ1) is 11.2. The molecule has 1 aromatic carbocycles. The highest BCUT2D eigenvalue weighted by atomic mass is 32.1. The lowest BCUT2D eigenvalue weighted by Crippen LogP contribution is -3.14. The molecule has 1 saturated heterocycles. The number of benzene rings is 1. The molecule has 2 aromatic rings. The summed E-state index contributed by atoms with van der Waals surface area (Å²) in [5, 5.41) is 3.37. The third kappa shape index (κ3) is 3.86. The van der Waals surface area contributed by atoms with Crippen molar-refractivity contribution in [2.75, 3.05) is 26.7 Å². The highest BCUT2D eigenvalue weighted by molar-refractivity contribution is 7.18. The number of thiazole rings is 1. The minimum atomic E-state index is -0.700. The molecule has 2 N–H and O–H groups in total. The zero-order valence-electron chi connectivity index (χ0n) is 13.0. The van der Waals surface area contributed by atoms with Crippen molar-refractivity contribution in [2.24, 2.45) is 0 Å². The Labute approximate surface area is 138 Å². The monoisotopic (exact) mass is 334 g/mol. The number of nitrogens with zero attached hydrogens (tertiary/aromatic N) is 1. The van der Waals surface area contributed by atoms with Crippen molar-refractivity contribution in [3.8, 4) is 0 Å². The summed E-state index contributed by atoms with van der Waals surface area (Å²) in [4.78, 5) is 28.8. The number of alkyl carbamates (subject to hydrolysis) is 1. The molecule has 2 atom stereocenters. The van der Waals surface area contributed by atoms with Crippen molar-refractivity contribution in [3.05, 3.63) is 29.3 Å². The number of likely N-dealkylation sites (tertiary alicyclic amines) is 1. The maximum atomic E-state index is 11.8. The van der Waals surface area contributed by atoms with Crippen molar-refractivity contribution in [2.45, 2.75) is 18.8 Å². The van der Waals surface area contributed by atoms with Gasteiger partial charge in [0.25, 0.3) is 5.91 Å². The summed E-state index contributed by atoms with van der Waals surface area (Å²) < 4.78 is 5.65. The van der Waals surface area contributed by atoms with Crippen LogP contribution in [0.4, 0.5) is 4.79 Å². The van der Waals surface area contributed by atoms with Gasteiger partial charge in [0.05, 0.1) is 36.3 Å². The average Bonchev–Trinajstić information content (AvgIpc) is 2.99. The molecule has 122 valence electrons. The van der Waals surface area contributed by atoms with Gasteiger partial charge >= 0.3 is 6.09 Å². The number of rotatable bonds is 3. The van der Waals surface area contributed by atoms with Crippen molar-refractivity contribution in [3.63, 3.8) is 0 Å². The number of ether oxygens (including phenoxy) is 1. The number of carbonyl (C=O) groups excluding carboxylic acids is 2. The molecule has 0 saturated carbocycles. The number of hydrogen-bond donors (Lipinski definition) is 2. The van der Waals surface area contributed by atoms with E-state index in [-0.39, 0.29) is 12.5 Å². The fourth-order valence-electron chi connectivity index (χ4n) is 3.02. The minimum Gasteiger partial charge on any atom is -0.453 e. The molecule has 1 fully saturated rings. The van der Waals surface area contributed by atoms with E-state index in [1.807, 2.05) is 18.2 Å². The second kappa shape index (κ2) is 7.06. The van der Waals surface area contributed by atoms with Crippen LogP contribution in [0.15, 0.2) is 24.3 Å². The van der Waals surface area contributed by atoms with Gasteiger partial charge in [0.1, 0.15) is 5.01 Å². The highest BCUT2D eigenvalue weighted by Crippen LogP contribution is 2.30. The van der Waals surface area contributed by atoms with Gasteiger partial charge < -0.3 is 9.64 Å². The van der Waals surface area contributed by atoms with Crippen LogP contribution in [0.1, 0.15) is 23.8 Å². The Hall–Kier alpha value is -1.99. The zero-order chi connectivity index (χ0) is 16.2. The highest BCUT2D eigenvalue weighted by Gasteiger charge is 2.28. The Morgan fingerprint density at radius 1 is 1.43 bits per heavy atom. The number of methoxy groups -OCH3 is 1. The van der Waals surface area contributed by atoms with Crippen LogP contribution in [0.2, 0.25) is 0 Å². The summed E-state index contributed by atoms with van der Waals surface area (Å²) in [7, 11) is 1.25. The first kappa shape index (κ1) is 15.9. The number of fused-ring (bicyclic) bond motifs is 1. The normalized spacial score (nSPS) is 21.1. The van der Waals surface area contributed by atoms with Gasteiger partial charge in [0.2, 0.25) is 0 Å². The molecule has 0 aliphatic carbocycles. The van der Waals surface area contributed by atoms with E-state index in [2.05, 4.69) is 16.1 Å². The molecule has 23 heavy (non-hydrogen) atoms. The smallest absolute Gasteiger partial charge is 0.413 e. The van der Waals surface area contributed by atoms with Crippen LogP contribution in [0.3, 0.4) is 0 Å². The zero-order valence-corrected chi connectivity index (χ0v) is 13.8. The summed E-state index contributed by atoms with van der Waals surface area (Å²) in [5.41, 5.74) is 1.04. The number of para-hydroxylation sites is 1. The van der Waals surface area contributed by atoms with Crippen LogP contribution < -0.4 is 10.2 Å². The van der Waals surface area contributed by atoms with E-state index in [0.717, 1.165) is 36.5 Å². The predicted molar refractivity (Wildman–Crippen MR) is 87.7 cm³/mol. The van der Waals surface area contributed by atoms with Gasteiger partial charge in [-0.15, -0.1) is 11.3 Å². The van der Waals surface area contributed by atoms with Crippen LogP contribution in [-0.4, -0.2) is 43.7 Å². The van der Waals surface area contributed by atoms with Gasteiger partial charge in [-0.25, -0.2) is 9.78 Å². The number of nitrogens with one attached hydrogen (secondary N) is 2. The van der Waals surface area contributed by atoms with E-state index in [0.29, 0.717) is 5.92 Å². The van der Waals surface area contributed by atoms with E-state index in [1.165, 1.54) is 16.7 Å². The number of hydrogen-bond acceptors (Lipinski definition) is 5. The molecule has 1 unspecified atom stereocenters. The number of quaternary nitrogens is 1. The summed E-state index contributed by atoms with van der Waals surface area (Å²) >= 11 is 1.74. The second-order valence-electron chi connectivity index (χ2n) is 5.78. The summed E-state index contributed by atoms with van der Waals surface area (Å²) in [6, 6.07) is 8.15. The Kier molecular flexibility index (Phi) is 4.88. The number of amides is 2. The summed E-state index contributed by atoms with van der Waals surface area (Å²) in [6.07, 6.45) is 1.46. The van der Waals surface area contributed by atoms with E-state index in [1.54, 1.807) is 11.3 Å². The van der Waals surface area contributed by atoms with Crippen molar-refractivity contribution < 1.29 is 19.2 Å². The Morgan fingerprint density at radius 3 is 3.04 bits per heavy atom. The Balaban J connectivity index is 1.63. The molecule has 1 aliphatic heterocycles. The van der Waals surface area contributed by atoms with Gasteiger partial charge in [0, 0.05) is 0 Å². The number of carbonyl (C=O) groups is 2. The van der Waals surface area contributed by atoms with E-state index in [4.69, 9.17) is 4.98 Å². The molecular formula is C16H20N3O3S+. The third-order valence-electron chi connectivity index (χ3n) is 4.12. The standard InChI is InChI=1S/C16H19N3O3S/c1-22-16(21)18-14(20)10-19-8-4-5-11(9-19)15-17-12-6-2-3-7-13(12)23-15/h2-3,6-7,11H,4-5,8-10H2,1H3,(H,18,20,21)/p+1/t11-/m1/s1. The average molecular weight is 334 g/mol. The van der Waals surface area contributed by atoms with Crippen LogP contribution in [0, 0.1) is 0 Å². The summed E-state index contributed by atoms with van der Waals surface area (Å²) in [6.45, 7) is 2.10. The molecule has 0 radical (unpaired) electrons. The Bertz CT molecular complexity index is 682. The molecule has 2 amide bonds. The molecular weight excluding hydrogens is 314 g/mol.